The van der Waals surface area contributed by atoms with Gasteiger partial charge in [0.1, 0.15) is 12.0 Å². The number of amides is 1. The van der Waals surface area contributed by atoms with Gasteiger partial charge in [0.2, 0.25) is 5.91 Å². The zero-order valence-corrected chi connectivity index (χ0v) is 19.6. The number of rotatable bonds is 4. The molecule has 1 spiro atoms. The number of nitrogens with zero attached hydrogens (tertiary/aromatic N) is 2. The number of hydrogen-bond acceptors (Lipinski definition) is 3. The van der Waals surface area contributed by atoms with Gasteiger partial charge in [-0.05, 0) is 36.9 Å². The van der Waals surface area contributed by atoms with Crippen molar-refractivity contribution in [3.63, 3.8) is 0 Å². The summed E-state index contributed by atoms with van der Waals surface area (Å²) < 4.78 is 0. The Morgan fingerprint density at radius 1 is 1.24 bits per heavy atom. The molecule has 29 heavy (non-hydrogen) atoms. The molecule has 0 aromatic rings. The third-order valence-corrected chi connectivity index (χ3v) is 9.92. The van der Waals surface area contributed by atoms with Gasteiger partial charge in [-0.15, -0.1) is 0 Å². The summed E-state index contributed by atoms with van der Waals surface area (Å²) in [5.41, 5.74) is 0.0846. The largest absolute Gasteiger partial charge is 0.345 e. The van der Waals surface area contributed by atoms with Gasteiger partial charge in [-0.25, -0.2) is 4.99 Å². The number of quaternary nitrogens is 3. The van der Waals surface area contributed by atoms with Gasteiger partial charge in [-0.1, -0.05) is 26.7 Å². The monoisotopic (exact) mass is 424 g/mol. The number of carbonyl (C=O) groups excluding carboxylic acids is 1. The number of aliphatic imine (C=N–C) groups is 1. The molecule has 4 rings (SSSR count). The average molecular weight is 425 g/mol. The molecule has 3 fully saturated rings. The Balaban J connectivity index is 1.58. The molecule has 6 nitrogen and oxygen atoms in total. The van der Waals surface area contributed by atoms with Crippen LogP contribution in [0.3, 0.4) is 0 Å². The molecule has 5 N–H and O–H groups in total. The van der Waals surface area contributed by atoms with E-state index in [2.05, 4.69) is 43.5 Å². The van der Waals surface area contributed by atoms with E-state index < -0.39 is 0 Å². The smallest absolute Gasteiger partial charge is 0.257 e. The lowest BCUT2D eigenvalue weighted by Gasteiger charge is -2.45. The Kier molecular flexibility index (Phi) is 6.59. The predicted octanol–water partition coefficient (Wildman–Crippen LogP) is -1.46. The maximum absolute atomic E-state index is 14.1. The van der Waals surface area contributed by atoms with Crippen LogP contribution in [0.15, 0.2) is 4.99 Å². The fourth-order valence-corrected chi connectivity index (χ4v) is 8.14. The van der Waals surface area contributed by atoms with Crippen LogP contribution in [-0.2, 0) is 4.79 Å². The van der Waals surface area contributed by atoms with Crippen molar-refractivity contribution in [2.45, 2.75) is 63.3 Å². The molecule has 3 unspecified atom stereocenters. The van der Waals surface area contributed by atoms with Gasteiger partial charge in [0.05, 0.1) is 50.9 Å². The molecule has 0 radical (unpaired) electrons. The van der Waals surface area contributed by atoms with Gasteiger partial charge in [0.15, 0.2) is 0 Å². The van der Waals surface area contributed by atoms with Crippen LogP contribution in [0.4, 0.5) is 0 Å². The van der Waals surface area contributed by atoms with Gasteiger partial charge >= 0.3 is 0 Å². The van der Waals surface area contributed by atoms with Crippen molar-refractivity contribution in [2.75, 3.05) is 46.8 Å². The zero-order valence-electron chi connectivity index (χ0n) is 18.8. The normalized spacial score (nSPS) is 37.4. The van der Waals surface area contributed by atoms with E-state index in [1.165, 1.54) is 42.2 Å². The third-order valence-electron chi connectivity index (χ3n) is 8.14. The van der Waals surface area contributed by atoms with E-state index in [1.54, 1.807) is 0 Å². The fraction of sp³-hybridized carbons (Fsp3) is 0.909. The number of hydrogen-bond donors (Lipinski definition) is 3. The van der Waals surface area contributed by atoms with Gasteiger partial charge in [0.25, 0.3) is 5.17 Å². The first-order valence-corrected chi connectivity index (χ1v) is 12.9. The van der Waals surface area contributed by atoms with Crippen molar-refractivity contribution in [1.29, 1.82) is 0 Å². The maximum Gasteiger partial charge on any atom is 0.257 e. The molecule has 0 aromatic carbocycles. The van der Waals surface area contributed by atoms with Crippen LogP contribution in [0.1, 0.15) is 46.0 Å². The van der Waals surface area contributed by atoms with Crippen molar-refractivity contribution in [3.8, 4) is 0 Å². The highest BCUT2D eigenvalue weighted by atomic mass is 32.2. The predicted molar refractivity (Wildman–Crippen MR) is 118 cm³/mol. The average Bonchev–Trinajstić information content (AvgIpc) is 3.35. The first kappa shape index (κ1) is 21.6. The second kappa shape index (κ2) is 8.85. The number of amidine groups is 1. The minimum atomic E-state index is 0.0846. The van der Waals surface area contributed by atoms with Crippen LogP contribution < -0.4 is 15.5 Å². The summed E-state index contributed by atoms with van der Waals surface area (Å²) in [6.07, 6.45) is 6.03. The van der Waals surface area contributed by atoms with Gasteiger partial charge in [-0.2, -0.15) is 0 Å². The molecule has 0 bridgehead atoms. The molecule has 5 atom stereocenters. The molecular formula is C22H42N5OS+3. The summed E-state index contributed by atoms with van der Waals surface area (Å²) in [5.74, 6) is 1.27. The van der Waals surface area contributed by atoms with E-state index in [-0.39, 0.29) is 11.3 Å². The van der Waals surface area contributed by atoms with Crippen LogP contribution in [-0.4, -0.2) is 80.1 Å². The van der Waals surface area contributed by atoms with Crippen LogP contribution in [0.2, 0.25) is 0 Å². The highest BCUT2D eigenvalue weighted by Gasteiger charge is 2.63. The molecule has 4 heterocycles. The topological polar surface area (TPSA) is 70.3 Å². The molecular weight excluding hydrogens is 382 g/mol. The molecule has 1 amide bonds. The number of likely N-dealkylation sites (tertiary alicyclic amines) is 1. The quantitative estimate of drug-likeness (QED) is 0.517. The zero-order chi connectivity index (χ0) is 20.6. The lowest BCUT2D eigenvalue weighted by Crippen LogP contribution is -3.07. The Hall–Kier alpha value is -0.630. The van der Waals surface area contributed by atoms with Crippen molar-refractivity contribution in [3.05, 3.63) is 0 Å². The van der Waals surface area contributed by atoms with Crippen LogP contribution >= 0.6 is 11.8 Å². The minimum absolute atomic E-state index is 0.0846. The number of nitrogens with one attached hydrogen (secondary N) is 1. The first-order chi connectivity index (χ1) is 14.0. The van der Waals surface area contributed by atoms with Gasteiger partial charge in [0, 0.05) is 12.6 Å². The van der Waals surface area contributed by atoms with Gasteiger partial charge < -0.3 is 15.5 Å². The van der Waals surface area contributed by atoms with E-state index in [0.717, 1.165) is 32.7 Å². The third kappa shape index (κ3) is 3.77. The number of fused-ring (bicyclic) bond motifs is 2. The van der Waals surface area contributed by atoms with E-state index in [9.17, 15) is 4.79 Å². The molecule has 0 aliphatic carbocycles. The van der Waals surface area contributed by atoms with Crippen molar-refractivity contribution < 1.29 is 20.3 Å². The Bertz CT molecular complexity index is 637. The van der Waals surface area contributed by atoms with E-state index in [0.29, 0.717) is 29.2 Å². The van der Waals surface area contributed by atoms with E-state index in [4.69, 9.17) is 4.99 Å². The Morgan fingerprint density at radius 3 is 2.66 bits per heavy atom. The van der Waals surface area contributed by atoms with Crippen LogP contribution in [0, 0.1) is 17.3 Å². The highest BCUT2D eigenvalue weighted by Crippen LogP contribution is 2.46. The second-order valence-corrected chi connectivity index (χ2v) is 11.1. The van der Waals surface area contributed by atoms with E-state index in [1.807, 2.05) is 11.8 Å². The summed E-state index contributed by atoms with van der Waals surface area (Å²) in [6.45, 7) is 9.79. The standard InChI is InChI=1S/C22H39N5OS/c1-5-15(6-2)18-9-7-8-10-27(18)20(28)16-11-23-13-22(16)14-24-12-17-19(22)29-21(25-17)26(3)4/h15-19,23-24H,5-14H2,1-4H3/p+3/t16-,17?,18?,19?,22-/m0/s1. The fourth-order valence-electron chi connectivity index (χ4n) is 6.55. The summed E-state index contributed by atoms with van der Waals surface area (Å²) in [6, 6.07) is 0.832. The maximum atomic E-state index is 14.1. The minimum Gasteiger partial charge on any atom is -0.345 e. The number of carbonyl (C=O) groups is 1. The molecule has 4 aliphatic heterocycles. The number of piperidine rings is 2. The molecule has 0 aromatic heterocycles. The van der Waals surface area contributed by atoms with Gasteiger partial charge in [-0.3, -0.25) is 9.69 Å². The van der Waals surface area contributed by atoms with Crippen molar-refractivity contribution in [1.82, 2.24) is 4.90 Å². The number of nitrogens with two attached hydrogens (primary N) is 2. The second-order valence-electron chi connectivity index (χ2n) is 9.95. The summed E-state index contributed by atoms with van der Waals surface area (Å²) >= 11 is 1.98. The van der Waals surface area contributed by atoms with Crippen molar-refractivity contribution in [2.24, 2.45) is 22.2 Å². The van der Waals surface area contributed by atoms with Crippen LogP contribution in [0.5, 0.6) is 0 Å². The Labute approximate surface area is 180 Å². The molecule has 0 saturated carbocycles. The van der Waals surface area contributed by atoms with Crippen molar-refractivity contribution >= 4 is 22.8 Å². The lowest BCUT2D eigenvalue weighted by atomic mass is 9.70. The molecule has 3 saturated heterocycles. The first-order valence-electron chi connectivity index (χ1n) is 12.0. The highest BCUT2D eigenvalue weighted by molar-refractivity contribution is 8.14. The van der Waals surface area contributed by atoms with E-state index >= 15 is 0 Å². The molecule has 164 valence electrons. The number of thioether (sulfide) groups is 1. The summed E-state index contributed by atoms with van der Waals surface area (Å²) in [5, 5.41) is 6.59. The molecule has 7 heteroatoms. The SMILES string of the molecule is CCC(CC)C1CCCCN1C(=O)[C@@H]1C[NH2+]C[C@]12C[NH2+]CC1N=C([NH+](C)C)SC12. The molecule has 4 aliphatic rings. The Morgan fingerprint density at radius 2 is 1.97 bits per heavy atom. The summed E-state index contributed by atoms with van der Waals surface area (Å²) in [7, 11) is 4.36. The summed E-state index contributed by atoms with van der Waals surface area (Å²) in [4.78, 5) is 22.8. The van der Waals surface area contributed by atoms with Crippen LogP contribution in [0.25, 0.3) is 0 Å². The lowest BCUT2D eigenvalue weighted by molar-refractivity contribution is -0.753.